The minimum Gasteiger partial charge on any atom is -0.449 e. The van der Waals surface area contributed by atoms with Crippen LogP contribution in [-0.4, -0.2) is 0 Å². The molecule has 0 spiro atoms. The number of hydrogen-bond acceptors (Lipinski definition) is 1. The summed E-state index contributed by atoms with van der Waals surface area (Å²) in [5, 5.41) is 3.93. The zero-order valence-electron chi connectivity index (χ0n) is 21.5. The maximum Gasteiger partial charge on any atom is 0.257 e. The van der Waals surface area contributed by atoms with Crippen molar-refractivity contribution in [2.24, 2.45) is 12.5 Å². The first kappa shape index (κ1) is 21.6. The Morgan fingerprint density at radius 1 is 1.00 bits per heavy atom. The average molecular weight is 451 g/mol. The molecule has 1 fully saturated rings. The van der Waals surface area contributed by atoms with E-state index in [9.17, 15) is 0 Å². The Bertz CT molecular complexity index is 1470. The van der Waals surface area contributed by atoms with E-state index >= 15 is 0 Å². The number of aryl methyl sites for hydroxylation is 2. The number of benzene rings is 3. The highest BCUT2D eigenvalue weighted by Crippen LogP contribution is 2.53. The highest BCUT2D eigenvalue weighted by Gasteiger charge is 2.37. The predicted octanol–water partition coefficient (Wildman–Crippen LogP) is 8.45. The third kappa shape index (κ3) is 3.26. The molecule has 34 heavy (non-hydrogen) atoms. The number of aromatic nitrogens is 1. The van der Waals surface area contributed by atoms with Gasteiger partial charge in [0.2, 0.25) is 11.3 Å². The summed E-state index contributed by atoms with van der Waals surface area (Å²) >= 11 is 0. The molecule has 0 radical (unpaired) electrons. The van der Waals surface area contributed by atoms with Gasteiger partial charge in [-0.15, -0.1) is 0 Å². The van der Waals surface area contributed by atoms with Crippen LogP contribution in [0.1, 0.15) is 74.6 Å². The zero-order valence-corrected chi connectivity index (χ0v) is 21.5. The fourth-order valence-corrected chi connectivity index (χ4v) is 6.53. The molecule has 2 heteroatoms. The van der Waals surface area contributed by atoms with Crippen LogP contribution >= 0.6 is 0 Å². The van der Waals surface area contributed by atoms with Crippen LogP contribution in [0.25, 0.3) is 32.9 Å². The molecule has 2 aliphatic rings. The second kappa shape index (κ2) is 7.57. The summed E-state index contributed by atoms with van der Waals surface area (Å²) < 4.78 is 9.40. The van der Waals surface area contributed by atoms with Gasteiger partial charge in [-0.1, -0.05) is 57.9 Å². The predicted molar refractivity (Wildman–Crippen MR) is 142 cm³/mol. The molecule has 1 aliphatic carbocycles. The van der Waals surface area contributed by atoms with Crippen molar-refractivity contribution >= 4 is 21.7 Å². The molecule has 0 saturated heterocycles. The number of fused-ring (bicyclic) bond motifs is 3. The van der Waals surface area contributed by atoms with Gasteiger partial charge in [-0.05, 0) is 78.7 Å². The molecule has 0 amide bonds. The quantitative estimate of drug-likeness (QED) is 0.246. The second-order valence-corrected chi connectivity index (χ2v) is 11.9. The Kier molecular flexibility index (Phi) is 4.82. The van der Waals surface area contributed by atoms with Crippen LogP contribution in [0, 0.1) is 19.3 Å². The van der Waals surface area contributed by atoms with Crippen molar-refractivity contribution in [3.63, 3.8) is 0 Å². The smallest absolute Gasteiger partial charge is 0.257 e. The van der Waals surface area contributed by atoms with Gasteiger partial charge >= 0.3 is 0 Å². The second-order valence-electron chi connectivity index (χ2n) is 11.9. The summed E-state index contributed by atoms with van der Waals surface area (Å²) in [6.45, 7) is 11.5. The molecule has 2 nitrogen and oxygen atoms in total. The number of rotatable bonds is 2. The van der Waals surface area contributed by atoms with Crippen molar-refractivity contribution in [1.29, 1.82) is 0 Å². The van der Waals surface area contributed by atoms with Crippen molar-refractivity contribution in [2.45, 2.75) is 72.6 Å². The van der Waals surface area contributed by atoms with Crippen LogP contribution in [0.4, 0.5) is 0 Å². The van der Waals surface area contributed by atoms with E-state index in [4.69, 9.17) is 4.74 Å². The number of para-hydroxylation sites is 1. The third-order valence-corrected chi connectivity index (χ3v) is 8.08. The van der Waals surface area contributed by atoms with Gasteiger partial charge in [-0.2, -0.15) is 4.57 Å². The molecule has 0 unspecified atom stereocenters. The van der Waals surface area contributed by atoms with Crippen molar-refractivity contribution in [1.82, 2.24) is 0 Å². The van der Waals surface area contributed by atoms with Gasteiger partial charge < -0.3 is 4.74 Å². The number of pyridine rings is 1. The Hall–Kier alpha value is -2.87. The Labute approximate surface area is 203 Å². The molecule has 0 atom stereocenters. The molecule has 0 N–H and O–H groups in total. The lowest BCUT2D eigenvalue weighted by atomic mass is 9.83. The molecule has 2 heterocycles. The van der Waals surface area contributed by atoms with Crippen molar-refractivity contribution in [2.75, 3.05) is 0 Å². The highest BCUT2D eigenvalue weighted by atomic mass is 16.5. The van der Waals surface area contributed by atoms with E-state index in [1.54, 1.807) is 0 Å². The lowest BCUT2D eigenvalue weighted by molar-refractivity contribution is -0.633. The van der Waals surface area contributed by atoms with Gasteiger partial charge in [0.05, 0.1) is 10.9 Å². The van der Waals surface area contributed by atoms with E-state index in [2.05, 4.69) is 88.7 Å². The van der Waals surface area contributed by atoms with E-state index < -0.39 is 0 Å². The number of ether oxygens (including phenoxy) is 1. The lowest BCUT2D eigenvalue weighted by Crippen LogP contribution is -2.34. The number of hydrogen-bond donors (Lipinski definition) is 0. The van der Waals surface area contributed by atoms with Gasteiger partial charge in [0.1, 0.15) is 12.8 Å². The fraction of sp³-hybridized carbons (Fsp3) is 0.406. The molecular weight excluding hydrogens is 414 g/mol. The Morgan fingerprint density at radius 2 is 1.74 bits per heavy atom. The van der Waals surface area contributed by atoms with Crippen LogP contribution in [0.3, 0.4) is 0 Å². The summed E-state index contributed by atoms with van der Waals surface area (Å²) in [7, 11) is 2.22. The van der Waals surface area contributed by atoms with Crippen LogP contribution in [0.2, 0.25) is 0 Å². The average Bonchev–Trinajstić information content (AvgIpc) is 3.30. The van der Waals surface area contributed by atoms with E-state index in [0.717, 1.165) is 17.9 Å². The first-order chi connectivity index (χ1) is 16.2. The largest absolute Gasteiger partial charge is 0.449 e. The van der Waals surface area contributed by atoms with Gasteiger partial charge in [0.15, 0.2) is 0 Å². The highest BCUT2D eigenvalue weighted by molar-refractivity contribution is 6.06. The van der Waals surface area contributed by atoms with Crippen LogP contribution < -0.4 is 9.30 Å². The molecule has 1 saturated carbocycles. The standard InChI is InChI=1S/C32H36NO/c1-19-15-23-16-21(18-32(3,4)5)17-26-29(23)27(20(19)2)30-31(34-26)28(22-11-7-8-12-22)24-13-9-10-14-25(24)33(30)6/h9-10,13-17,22H,7-8,11-12,18H2,1-6H3/q+1. The van der Waals surface area contributed by atoms with Crippen molar-refractivity contribution in [3.05, 3.63) is 64.7 Å². The molecule has 4 aromatic rings. The topological polar surface area (TPSA) is 13.1 Å². The van der Waals surface area contributed by atoms with Gasteiger partial charge in [-0.3, -0.25) is 0 Å². The molecule has 174 valence electrons. The lowest BCUT2D eigenvalue weighted by Gasteiger charge is -2.27. The van der Waals surface area contributed by atoms with Crippen LogP contribution in [-0.2, 0) is 13.5 Å². The van der Waals surface area contributed by atoms with Crippen LogP contribution in [0.5, 0.6) is 11.5 Å². The number of nitrogens with zero attached hydrogens (tertiary/aromatic N) is 1. The van der Waals surface area contributed by atoms with Gasteiger partial charge in [-0.25, -0.2) is 0 Å². The Balaban J connectivity index is 1.74. The summed E-state index contributed by atoms with van der Waals surface area (Å²) in [5.74, 6) is 2.71. The minimum atomic E-state index is 0.229. The van der Waals surface area contributed by atoms with Gasteiger partial charge in [0, 0.05) is 17.0 Å². The first-order valence-corrected chi connectivity index (χ1v) is 12.9. The summed E-state index contributed by atoms with van der Waals surface area (Å²) in [6.07, 6.45) is 6.18. The van der Waals surface area contributed by atoms with Gasteiger partial charge in [0.25, 0.3) is 5.69 Å². The molecule has 1 aromatic heterocycles. The van der Waals surface area contributed by atoms with E-state index in [0.29, 0.717) is 5.92 Å². The minimum absolute atomic E-state index is 0.229. The summed E-state index contributed by atoms with van der Waals surface area (Å²) in [6, 6.07) is 16.0. The SMILES string of the molecule is Cc1cc2cc(CC(C)(C)C)cc3c2c(c1C)-c1c(c(C2CCCC2)c2ccccc2[n+]1C)O3. The summed E-state index contributed by atoms with van der Waals surface area (Å²) in [4.78, 5) is 0. The first-order valence-electron chi connectivity index (χ1n) is 12.9. The third-order valence-electron chi connectivity index (χ3n) is 8.08. The van der Waals surface area contributed by atoms with E-state index in [1.165, 1.54) is 80.9 Å². The molecule has 6 rings (SSSR count). The molecular formula is C32H36NO+. The monoisotopic (exact) mass is 450 g/mol. The van der Waals surface area contributed by atoms with E-state index in [-0.39, 0.29) is 5.41 Å². The normalized spacial score (nSPS) is 15.7. The molecule has 1 aliphatic heterocycles. The van der Waals surface area contributed by atoms with Crippen molar-refractivity contribution in [3.8, 4) is 22.8 Å². The van der Waals surface area contributed by atoms with Crippen molar-refractivity contribution < 1.29 is 9.30 Å². The zero-order chi connectivity index (χ0) is 23.8. The maximum atomic E-state index is 7.01. The summed E-state index contributed by atoms with van der Waals surface area (Å²) in [5.41, 5.74) is 9.66. The molecule has 3 aromatic carbocycles. The Morgan fingerprint density at radius 3 is 2.47 bits per heavy atom. The molecule has 0 bridgehead atoms. The maximum absolute atomic E-state index is 7.01. The fourth-order valence-electron chi connectivity index (χ4n) is 6.53. The van der Waals surface area contributed by atoms with E-state index in [1.807, 2.05) is 0 Å². The van der Waals surface area contributed by atoms with Crippen LogP contribution in [0.15, 0.2) is 42.5 Å².